The third-order valence-electron chi connectivity index (χ3n) is 6.13. The first-order valence-electron chi connectivity index (χ1n) is 10.5. The highest BCUT2D eigenvalue weighted by molar-refractivity contribution is 7.88. The van der Waals surface area contributed by atoms with Gasteiger partial charge in [-0.05, 0) is 31.5 Å². The quantitative estimate of drug-likeness (QED) is 0.536. The number of nitrogens with one attached hydrogen (secondary N) is 1. The van der Waals surface area contributed by atoms with E-state index in [1.807, 2.05) is 6.07 Å². The van der Waals surface area contributed by atoms with Gasteiger partial charge in [0.15, 0.2) is 11.9 Å². The lowest BCUT2D eigenvalue weighted by molar-refractivity contribution is 0.144. The van der Waals surface area contributed by atoms with E-state index in [1.54, 1.807) is 12.5 Å². The molecule has 0 bridgehead atoms. The standard InChI is InChI=1S/C20H25F2N8OS/c1-32(31)26-8-14-11-28(10-13-3-2-6-29(13)14)19-7-16(24-12-25-19)17-9-23-18-5-4-15(20(21)22)27-30(17)18/h4-5,7,9,12-14,20,26,31H,2-3,6,8,10-11H2,1H3/q+1/t13-,14?,32?/m0/s1. The average Bonchev–Trinajstić information content (AvgIpc) is 3.43. The minimum absolute atomic E-state index is 0.267. The molecule has 2 saturated heterocycles. The molecule has 0 spiro atoms. The number of hydrogen-bond acceptors (Lipinski definition) is 8. The van der Waals surface area contributed by atoms with Crippen LogP contribution >= 0.6 is 0 Å². The number of rotatable bonds is 6. The monoisotopic (exact) mass is 463 g/mol. The minimum Gasteiger partial charge on any atom is -0.353 e. The molecule has 5 rings (SSSR count). The highest BCUT2D eigenvalue weighted by Gasteiger charge is 2.38. The van der Waals surface area contributed by atoms with Crippen molar-refractivity contribution in [3.05, 3.63) is 36.4 Å². The first kappa shape index (κ1) is 21.4. The van der Waals surface area contributed by atoms with Gasteiger partial charge in [-0.25, -0.2) is 28.2 Å². The van der Waals surface area contributed by atoms with E-state index in [0.29, 0.717) is 29.6 Å². The van der Waals surface area contributed by atoms with Crippen LogP contribution in [-0.4, -0.2) is 78.5 Å². The lowest BCUT2D eigenvalue weighted by Crippen LogP contribution is -2.59. The molecule has 9 nitrogen and oxygen atoms in total. The van der Waals surface area contributed by atoms with Crippen molar-refractivity contribution < 1.29 is 13.3 Å². The Balaban J connectivity index is 1.44. The predicted molar refractivity (Wildman–Crippen MR) is 119 cm³/mol. The van der Waals surface area contributed by atoms with Gasteiger partial charge in [0.25, 0.3) is 6.43 Å². The topological polar surface area (TPSA) is 94.7 Å². The van der Waals surface area contributed by atoms with E-state index in [1.165, 1.54) is 29.4 Å². The van der Waals surface area contributed by atoms with E-state index in [9.17, 15) is 13.3 Å². The summed E-state index contributed by atoms with van der Waals surface area (Å²) in [6, 6.07) is 5.39. The molecule has 2 fully saturated rings. The van der Waals surface area contributed by atoms with E-state index in [-0.39, 0.29) is 11.7 Å². The summed E-state index contributed by atoms with van der Waals surface area (Å²) in [5.41, 5.74) is 1.29. The maximum absolute atomic E-state index is 13.1. The van der Waals surface area contributed by atoms with Crippen molar-refractivity contribution in [1.82, 2.24) is 34.2 Å². The summed E-state index contributed by atoms with van der Waals surface area (Å²) >= 11 is -0.815. The van der Waals surface area contributed by atoms with Gasteiger partial charge in [0.1, 0.15) is 23.5 Å². The van der Waals surface area contributed by atoms with Gasteiger partial charge in [0.2, 0.25) is 11.4 Å². The zero-order chi connectivity index (χ0) is 22.2. The minimum atomic E-state index is -2.66. The molecular formula is C20H25F2N8OS+. The molecular weight excluding hydrogens is 438 g/mol. The molecule has 5 heterocycles. The summed E-state index contributed by atoms with van der Waals surface area (Å²) in [4.78, 5) is 17.9. The van der Waals surface area contributed by atoms with E-state index in [0.717, 1.165) is 31.9 Å². The van der Waals surface area contributed by atoms with Crippen LogP contribution in [0.1, 0.15) is 25.0 Å². The fourth-order valence-electron chi connectivity index (χ4n) is 4.65. The van der Waals surface area contributed by atoms with Gasteiger partial charge in [0, 0.05) is 31.2 Å². The normalized spacial score (nSPS) is 22.6. The third-order valence-corrected chi connectivity index (χ3v) is 6.71. The molecule has 3 aromatic rings. The maximum atomic E-state index is 13.1. The van der Waals surface area contributed by atoms with Gasteiger partial charge in [-0.1, -0.05) is 0 Å². The molecule has 0 aromatic carbocycles. The molecule has 0 saturated carbocycles. The van der Waals surface area contributed by atoms with Gasteiger partial charge in [-0.15, -0.1) is 4.72 Å². The first-order chi connectivity index (χ1) is 15.5. The summed E-state index contributed by atoms with van der Waals surface area (Å²) in [6.07, 6.45) is 4.48. The van der Waals surface area contributed by atoms with Crippen LogP contribution < -0.4 is 9.62 Å². The van der Waals surface area contributed by atoms with E-state index in [4.69, 9.17) is 0 Å². The summed E-state index contributed by atoms with van der Waals surface area (Å²) in [7, 11) is 0. The van der Waals surface area contributed by atoms with Crippen LogP contribution in [0.5, 0.6) is 0 Å². The molecule has 2 unspecified atom stereocenters. The van der Waals surface area contributed by atoms with Crippen LogP contribution in [0.15, 0.2) is 30.7 Å². The van der Waals surface area contributed by atoms with Gasteiger partial charge in [-0.2, -0.15) is 9.65 Å². The second-order valence-electron chi connectivity index (χ2n) is 8.15. The van der Waals surface area contributed by atoms with E-state index in [2.05, 4.69) is 34.6 Å². The zero-order valence-corrected chi connectivity index (χ0v) is 18.4. The molecule has 0 amide bonds. The van der Waals surface area contributed by atoms with Crippen molar-refractivity contribution in [2.75, 3.05) is 37.3 Å². The zero-order valence-electron chi connectivity index (χ0n) is 17.6. The Hall–Kier alpha value is -2.41. The van der Waals surface area contributed by atoms with Crippen molar-refractivity contribution in [1.29, 1.82) is 0 Å². The van der Waals surface area contributed by atoms with Crippen molar-refractivity contribution in [3.63, 3.8) is 0 Å². The third kappa shape index (κ3) is 4.15. The number of imidazole rings is 1. The van der Waals surface area contributed by atoms with Crippen LogP contribution in [0.25, 0.3) is 17.0 Å². The van der Waals surface area contributed by atoms with Gasteiger partial charge in [0.05, 0.1) is 18.4 Å². The Bertz CT molecular complexity index is 1100. The van der Waals surface area contributed by atoms with Crippen LogP contribution in [0, 0.1) is 0 Å². The number of halogens is 2. The summed E-state index contributed by atoms with van der Waals surface area (Å²) in [5, 5.41) is 4.04. The number of hydrogen-bond donors (Lipinski definition) is 2. The number of alkyl halides is 2. The van der Waals surface area contributed by atoms with Crippen molar-refractivity contribution >= 4 is 22.8 Å². The van der Waals surface area contributed by atoms with Crippen molar-refractivity contribution in [2.45, 2.75) is 31.4 Å². The second kappa shape index (κ2) is 8.85. The second-order valence-corrected chi connectivity index (χ2v) is 9.40. The summed E-state index contributed by atoms with van der Waals surface area (Å²) in [6.45, 7) is 3.42. The highest BCUT2D eigenvalue weighted by atomic mass is 32.2. The lowest BCUT2D eigenvalue weighted by atomic mass is 10.1. The van der Waals surface area contributed by atoms with Crippen LogP contribution in [0.2, 0.25) is 0 Å². The predicted octanol–water partition coefficient (Wildman–Crippen LogP) is 2.00. The number of nitrogens with zero attached hydrogens (tertiary/aromatic N) is 7. The molecule has 12 heteroatoms. The Morgan fingerprint density at radius 3 is 2.94 bits per heavy atom. The summed E-state index contributed by atoms with van der Waals surface area (Å²) < 4.78 is 40.6. The SMILES string of the molecule is C[S+](O)NCC1CN(c2cc(-c3cnc4ccc(C(F)F)nn34)ncn2)C[C@@H]2CCCN12. The Morgan fingerprint density at radius 1 is 1.25 bits per heavy atom. The molecule has 0 radical (unpaired) electrons. The van der Waals surface area contributed by atoms with Gasteiger partial charge < -0.3 is 4.90 Å². The molecule has 2 aliphatic rings. The first-order valence-corrected chi connectivity index (χ1v) is 12.1. The van der Waals surface area contributed by atoms with Gasteiger partial charge >= 0.3 is 0 Å². The average molecular weight is 464 g/mol. The van der Waals surface area contributed by atoms with Crippen molar-refractivity contribution in [2.24, 2.45) is 0 Å². The van der Waals surface area contributed by atoms with E-state index < -0.39 is 17.8 Å². The molecule has 2 N–H and O–H groups in total. The fraction of sp³-hybridized carbons (Fsp3) is 0.500. The maximum Gasteiger partial charge on any atom is 0.282 e. The fourth-order valence-corrected chi connectivity index (χ4v) is 5.08. The smallest absolute Gasteiger partial charge is 0.282 e. The van der Waals surface area contributed by atoms with Crippen LogP contribution in [0.4, 0.5) is 14.6 Å². The summed E-state index contributed by atoms with van der Waals surface area (Å²) in [5.74, 6) is 0.783. The number of aromatic nitrogens is 5. The Labute approximate surface area is 187 Å². The van der Waals surface area contributed by atoms with Crippen molar-refractivity contribution in [3.8, 4) is 11.4 Å². The van der Waals surface area contributed by atoms with Crippen LogP contribution in [0.3, 0.4) is 0 Å². The van der Waals surface area contributed by atoms with Gasteiger partial charge in [-0.3, -0.25) is 4.90 Å². The largest absolute Gasteiger partial charge is 0.353 e. The number of anilines is 1. The molecule has 3 aromatic heterocycles. The lowest BCUT2D eigenvalue weighted by Gasteiger charge is -2.43. The van der Waals surface area contributed by atoms with Crippen LogP contribution in [-0.2, 0) is 11.4 Å². The molecule has 170 valence electrons. The number of fused-ring (bicyclic) bond motifs is 2. The van der Waals surface area contributed by atoms with E-state index >= 15 is 0 Å². The highest BCUT2D eigenvalue weighted by Crippen LogP contribution is 2.29. The molecule has 3 atom stereocenters. The molecule has 0 aliphatic carbocycles. The molecule has 32 heavy (non-hydrogen) atoms. The molecule has 2 aliphatic heterocycles. The number of piperazine rings is 1. The Morgan fingerprint density at radius 2 is 2.12 bits per heavy atom. The Kier molecular flexibility index (Phi) is 5.93.